The molecule has 0 aliphatic carbocycles. The van der Waals surface area contributed by atoms with Crippen molar-refractivity contribution in [2.24, 2.45) is 5.73 Å². The van der Waals surface area contributed by atoms with Gasteiger partial charge in [0.1, 0.15) is 15.6 Å². The van der Waals surface area contributed by atoms with Crippen LogP contribution in [0.1, 0.15) is 16.8 Å². The average molecular weight is 321 g/mol. The first-order valence-corrected chi connectivity index (χ1v) is 8.06. The summed E-state index contributed by atoms with van der Waals surface area (Å²) in [5.41, 5.74) is 8.00. The molecule has 0 radical (unpaired) electrons. The van der Waals surface area contributed by atoms with Crippen LogP contribution in [0.2, 0.25) is 0 Å². The third-order valence-corrected chi connectivity index (χ3v) is 4.73. The Kier molecular flexibility index (Phi) is 4.24. The molecule has 2 aromatic rings. The second-order valence-electron chi connectivity index (χ2n) is 4.57. The van der Waals surface area contributed by atoms with Crippen molar-refractivity contribution in [3.8, 4) is 0 Å². The monoisotopic (exact) mass is 321 g/mol. The van der Waals surface area contributed by atoms with Crippen LogP contribution in [-0.4, -0.2) is 18.4 Å². The van der Waals surface area contributed by atoms with Gasteiger partial charge in [0.15, 0.2) is 0 Å². The lowest BCUT2D eigenvalue weighted by Gasteiger charge is -2.13. The highest BCUT2D eigenvalue weighted by Gasteiger charge is 2.21. The van der Waals surface area contributed by atoms with Crippen molar-refractivity contribution in [1.29, 1.82) is 0 Å². The Morgan fingerprint density at radius 1 is 1.24 bits per heavy atom. The summed E-state index contributed by atoms with van der Waals surface area (Å²) in [7, 11) is -3.81. The Morgan fingerprint density at radius 2 is 1.95 bits per heavy atom. The fourth-order valence-electron chi connectivity index (χ4n) is 1.85. The lowest BCUT2D eigenvalue weighted by atomic mass is 10.1. The molecule has 0 bridgehead atoms. The number of hydrogen-bond donors (Lipinski definition) is 2. The van der Waals surface area contributed by atoms with E-state index in [0.29, 0.717) is 5.69 Å². The number of sulfonamides is 1. The molecule has 1 aromatic heterocycles. The van der Waals surface area contributed by atoms with Crippen LogP contribution in [0, 0.1) is 13.8 Å². The molecule has 0 aliphatic heterocycles. The third-order valence-electron chi connectivity index (χ3n) is 3.14. The first-order chi connectivity index (χ1) is 9.83. The summed E-state index contributed by atoms with van der Waals surface area (Å²) in [6.07, 6.45) is 1.45. The minimum absolute atomic E-state index is 0.0293. The number of nitrogens with two attached hydrogens (primary N) is 1. The van der Waals surface area contributed by atoms with Crippen molar-refractivity contribution < 1.29 is 8.42 Å². The van der Waals surface area contributed by atoms with Crippen molar-refractivity contribution in [3.05, 3.63) is 53.3 Å². The van der Waals surface area contributed by atoms with E-state index >= 15 is 0 Å². The van der Waals surface area contributed by atoms with E-state index in [-0.39, 0.29) is 15.6 Å². The molecule has 0 saturated heterocycles. The number of benzene rings is 1. The summed E-state index contributed by atoms with van der Waals surface area (Å²) in [5.74, 6) is 0. The Morgan fingerprint density at radius 3 is 2.62 bits per heavy atom. The molecular formula is C14H15N3O2S2. The van der Waals surface area contributed by atoms with Gasteiger partial charge in [0.05, 0.1) is 5.69 Å². The van der Waals surface area contributed by atoms with Gasteiger partial charge in [-0.05, 0) is 43.2 Å². The molecule has 0 atom stereocenters. The van der Waals surface area contributed by atoms with E-state index in [4.69, 9.17) is 18.0 Å². The molecule has 0 saturated carbocycles. The molecule has 0 aliphatic rings. The number of aromatic nitrogens is 1. The molecule has 3 N–H and O–H groups in total. The molecule has 0 fully saturated rings. The smallest absolute Gasteiger partial charge is 0.264 e. The maximum absolute atomic E-state index is 12.5. The van der Waals surface area contributed by atoms with Crippen LogP contribution in [0.15, 0.2) is 41.4 Å². The number of thiocarbonyl (C=S) groups is 1. The zero-order chi connectivity index (χ0) is 15.6. The van der Waals surface area contributed by atoms with Gasteiger partial charge in [0.2, 0.25) is 0 Å². The van der Waals surface area contributed by atoms with Gasteiger partial charge < -0.3 is 5.73 Å². The summed E-state index contributed by atoms with van der Waals surface area (Å²) in [5, 5.41) is 0. The highest BCUT2D eigenvalue weighted by atomic mass is 32.2. The summed E-state index contributed by atoms with van der Waals surface area (Å²) in [6.45, 7) is 3.77. The highest BCUT2D eigenvalue weighted by Crippen LogP contribution is 2.23. The first-order valence-electron chi connectivity index (χ1n) is 6.17. The zero-order valence-corrected chi connectivity index (χ0v) is 13.3. The largest absolute Gasteiger partial charge is 0.388 e. The minimum Gasteiger partial charge on any atom is -0.388 e. The van der Waals surface area contributed by atoms with Gasteiger partial charge in [-0.2, -0.15) is 0 Å². The SMILES string of the molecule is Cc1cccc(NS(=O)(=O)c2cccnc2C(N)=S)c1C. The fraction of sp³-hybridized carbons (Fsp3) is 0.143. The lowest BCUT2D eigenvalue weighted by Crippen LogP contribution is -2.21. The summed E-state index contributed by atoms with van der Waals surface area (Å²) >= 11 is 4.85. The Bertz CT molecular complexity index is 802. The van der Waals surface area contributed by atoms with Crippen LogP contribution in [0.3, 0.4) is 0 Å². The first kappa shape index (κ1) is 15.4. The molecule has 1 aromatic carbocycles. The van der Waals surface area contributed by atoms with Crippen molar-refractivity contribution >= 4 is 32.9 Å². The van der Waals surface area contributed by atoms with Gasteiger partial charge in [0, 0.05) is 6.20 Å². The van der Waals surface area contributed by atoms with Crippen molar-refractivity contribution in [2.75, 3.05) is 4.72 Å². The van der Waals surface area contributed by atoms with Gasteiger partial charge in [0.25, 0.3) is 10.0 Å². The van der Waals surface area contributed by atoms with E-state index < -0.39 is 10.0 Å². The highest BCUT2D eigenvalue weighted by molar-refractivity contribution is 7.93. The molecule has 2 rings (SSSR count). The lowest BCUT2D eigenvalue weighted by molar-refractivity contribution is 0.600. The molecule has 7 heteroatoms. The van der Waals surface area contributed by atoms with Crippen LogP contribution < -0.4 is 10.5 Å². The summed E-state index contributed by atoms with van der Waals surface area (Å²) < 4.78 is 27.6. The fourth-order valence-corrected chi connectivity index (χ4v) is 3.38. The van der Waals surface area contributed by atoms with Gasteiger partial charge in [-0.3, -0.25) is 9.71 Å². The van der Waals surface area contributed by atoms with E-state index in [0.717, 1.165) is 11.1 Å². The molecular weight excluding hydrogens is 306 g/mol. The van der Waals surface area contributed by atoms with Crippen LogP contribution >= 0.6 is 12.2 Å². The van der Waals surface area contributed by atoms with Gasteiger partial charge in [-0.1, -0.05) is 24.4 Å². The van der Waals surface area contributed by atoms with Crippen molar-refractivity contribution in [3.63, 3.8) is 0 Å². The van der Waals surface area contributed by atoms with E-state index in [1.807, 2.05) is 19.9 Å². The second-order valence-corrected chi connectivity index (χ2v) is 6.66. The molecule has 0 spiro atoms. The van der Waals surface area contributed by atoms with Gasteiger partial charge in [-0.25, -0.2) is 8.42 Å². The number of aryl methyl sites for hydroxylation is 1. The standard InChI is InChI=1S/C14H15N3O2S2/c1-9-5-3-6-11(10(9)2)17-21(18,19)12-7-4-8-16-13(12)14(15)20/h3-8,17H,1-2H3,(H2,15,20). The van der Waals surface area contributed by atoms with Crippen molar-refractivity contribution in [1.82, 2.24) is 4.98 Å². The van der Waals surface area contributed by atoms with Crippen LogP contribution in [0.5, 0.6) is 0 Å². The maximum Gasteiger partial charge on any atom is 0.264 e. The molecule has 110 valence electrons. The normalized spacial score (nSPS) is 11.1. The van der Waals surface area contributed by atoms with Gasteiger partial charge >= 0.3 is 0 Å². The van der Waals surface area contributed by atoms with E-state index in [2.05, 4.69) is 9.71 Å². The molecule has 0 unspecified atom stereocenters. The number of nitrogens with zero attached hydrogens (tertiary/aromatic N) is 1. The van der Waals surface area contributed by atoms with Gasteiger partial charge in [-0.15, -0.1) is 0 Å². The quantitative estimate of drug-likeness (QED) is 0.843. The van der Waals surface area contributed by atoms with E-state index in [1.165, 1.54) is 18.3 Å². The zero-order valence-electron chi connectivity index (χ0n) is 11.6. The Balaban J connectivity index is 2.49. The predicted octanol–water partition coefficient (Wildman–Crippen LogP) is 2.13. The topological polar surface area (TPSA) is 85.1 Å². The Hall–Kier alpha value is -1.99. The predicted molar refractivity (Wildman–Crippen MR) is 86.8 cm³/mol. The summed E-state index contributed by atoms with van der Waals surface area (Å²) in [6, 6.07) is 8.36. The maximum atomic E-state index is 12.5. The number of rotatable bonds is 4. The van der Waals surface area contributed by atoms with Crippen LogP contribution in [0.25, 0.3) is 0 Å². The minimum atomic E-state index is -3.81. The number of anilines is 1. The number of hydrogen-bond acceptors (Lipinski definition) is 4. The molecule has 5 nitrogen and oxygen atoms in total. The second kappa shape index (κ2) is 5.79. The number of nitrogens with one attached hydrogen (secondary N) is 1. The molecule has 1 heterocycles. The Labute approximate surface area is 129 Å². The van der Waals surface area contributed by atoms with E-state index in [1.54, 1.807) is 12.1 Å². The van der Waals surface area contributed by atoms with Crippen LogP contribution in [0.4, 0.5) is 5.69 Å². The third kappa shape index (κ3) is 3.20. The van der Waals surface area contributed by atoms with E-state index in [9.17, 15) is 8.42 Å². The molecule has 21 heavy (non-hydrogen) atoms. The van der Waals surface area contributed by atoms with Crippen molar-refractivity contribution in [2.45, 2.75) is 18.7 Å². The summed E-state index contributed by atoms with van der Waals surface area (Å²) in [4.78, 5) is 3.85. The number of pyridine rings is 1. The average Bonchev–Trinajstić information content (AvgIpc) is 2.44. The molecule has 0 amide bonds. The van der Waals surface area contributed by atoms with Crippen LogP contribution in [-0.2, 0) is 10.0 Å².